The Balaban J connectivity index is 1.37. The molecule has 2 aliphatic rings. The maximum Gasteiger partial charge on any atom is 0.261 e. The first kappa shape index (κ1) is 22.8. The lowest BCUT2D eigenvalue weighted by atomic mass is 10.1. The van der Waals surface area contributed by atoms with Crippen molar-refractivity contribution < 1.29 is 4.39 Å². The fourth-order valence-electron chi connectivity index (χ4n) is 5.23. The number of nitrogens with one attached hydrogen (secondary N) is 2. The number of rotatable bonds is 3. The molecule has 2 aromatic carbocycles. The maximum absolute atomic E-state index is 15.2. The van der Waals surface area contributed by atoms with Gasteiger partial charge >= 0.3 is 0 Å². The van der Waals surface area contributed by atoms with Crippen LogP contribution in [0.5, 0.6) is 0 Å². The molecule has 2 saturated heterocycles. The monoisotopic (exact) mass is 490 g/mol. The molecular formula is C26H31FN8O. The van der Waals surface area contributed by atoms with Crippen molar-refractivity contribution in [2.45, 2.75) is 0 Å². The van der Waals surface area contributed by atoms with E-state index in [1.807, 2.05) is 11.0 Å². The lowest BCUT2D eigenvalue weighted by Crippen LogP contribution is -2.44. The topological polar surface area (TPSA) is 101 Å². The van der Waals surface area contributed by atoms with Gasteiger partial charge in [0.2, 0.25) is 0 Å². The van der Waals surface area contributed by atoms with Crippen molar-refractivity contribution in [3.05, 3.63) is 46.5 Å². The first-order valence-electron chi connectivity index (χ1n) is 12.4. The van der Waals surface area contributed by atoms with Gasteiger partial charge in [0, 0.05) is 63.4 Å². The molecule has 4 heterocycles. The van der Waals surface area contributed by atoms with Gasteiger partial charge in [0.25, 0.3) is 5.56 Å². The number of pyridine rings is 1. The van der Waals surface area contributed by atoms with Crippen molar-refractivity contribution in [1.29, 1.82) is 0 Å². The SMILES string of the molecule is CN1CCN(c2ccc3nc(-c4c(N)c5cc(F)c(N6CCN(C)CC6)cc5[nH]c4=O)[nH]c3c2)CC1. The maximum atomic E-state index is 15.2. The Morgan fingerprint density at radius 2 is 1.53 bits per heavy atom. The average molecular weight is 491 g/mol. The van der Waals surface area contributed by atoms with Gasteiger partial charge in [-0.3, -0.25) is 4.79 Å². The number of piperazine rings is 2. The minimum Gasteiger partial charge on any atom is -0.397 e. The zero-order valence-electron chi connectivity index (χ0n) is 20.6. The van der Waals surface area contributed by atoms with E-state index >= 15 is 4.39 Å². The minimum atomic E-state index is -0.353. The normalized spacial score (nSPS) is 18.0. The largest absolute Gasteiger partial charge is 0.397 e. The molecule has 36 heavy (non-hydrogen) atoms. The summed E-state index contributed by atoms with van der Waals surface area (Å²) in [5, 5.41) is 0.471. The Hall–Kier alpha value is -3.63. The number of H-pyrrole nitrogens is 2. The quantitative estimate of drug-likeness (QED) is 0.405. The summed E-state index contributed by atoms with van der Waals surface area (Å²) in [7, 11) is 4.19. The summed E-state index contributed by atoms with van der Waals surface area (Å²) in [5.41, 5.74) is 10.3. The Labute approximate surface area is 208 Å². The van der Waals surface area contributed by atoms with Gasteiger partial charge in [-0.05, 0) is 44.4 Å². The molecular weight excluding hydrogens is 459 g/mol. The summed E-state index contributed by atoms with van der Waals surface area (Å²) in [5.74, 6) is 0.0305. The number of hydrogen-bond donors (Lipinski definition) is 3. The molecule has 188 valence electrons. The van der Waals surface area contributed by atoms with Gasteiger partial charge < -0.3 is 35.3 Å². The second-order valence-corrected chi connectivity index (χ2v) is 9.96. The number of nitrogens with zero attached hydrogens (tertiary/aromatic N) is 5. The van der Waals surface area contributed by atoms with Crippen LogP contribution in [0.3, 0.4) is 0 Å². The highest BCUT2D eigenvalue weighted by Gasteiger charge is 2.22. The second kappa shape index (κ2) is 8.79. The Kier molecular flexibility index (Phi) is 5.57. The second-order valence-electron chi connectivity index (χ2n) is 9.96. The lowest BCUT2D eigenvalue weighted by Gasteiger charge is -2.34. The van der Waals surface area contributed by atoms with Gasteiger partial charge in [0.05, 0.1) is 27.9 Å². The van der Waals surface area contributed by atoms with E-state index in [4.69, 9.17) is 5.73 Å². The third kappa shape index (κ3) is 3.96. The number of fused-ring (bicyclic) bond motifs is 2. The number of benzene rings is 2. The van der Waals surface area contributed by atoms with Crippen LogP contribution in [0.2, 0.25) is 0 Å². The fourth-order valence-corrected chi connectivity index (χ4v) is 5.23. The first-order valence-corrected chi connectivity index (χ1v) is 12.4. The van der Waals surface area contributed by atoms with E-state index in [0.29, 0.717) is 22.4 Å². The van der Waals surface area contributed by atoms with E-state index in [0.717, 1.165) is 69.1 Å². The van der Waals surface area contributed by atoms with Crippen molar-refractivity contribution in [3.8, 4) is 11.4 Å². The van der Waals surface area contributed by atoms with Gasteiger partial charge in [-0.1, -0.05) is 0 Å². The molecule has 10 heteroatoms. The van der Waals surface area contributed by atoms with Crippen molar-refractivity contribution in [1.82, 2.24) is 24.8 Å². The number of nitrogen functional groups attached to an aromatic ring is 1. The molecule has 2 aliphatic heterocycles. The van der Waals surface area contributed by atoms with E-state index in [9.17, 15) is 4.79 Å². The molecule has 4 aromatic rings. The highest BCUT2D eigenvalue weighted by Crippen LogP contribution is 2.33. The third-order valence-electron chi connectivity index (χ3n) is 7.54. The van der Waals surface area contributed by atoms with E-state index in [1.54, 1.807) is 6.07 Å². The molecule has 2 fully saturated rings. The molecule has 2 aromatic heterocycles. The molecule has 0 bridgehead atoms. The highest BCUT2D eigenvalue weighted by molar-refractivity contribution is 5.99. The van der Waals surface area contributed by atoms with Crippen LogP contribution in [-0.2, 0) is 0 Å². The van der Waals surface area contributed by atoms with Crippen LogP contribution < -0.4 is 21.1 Å². The molecule has 0 radical (unpaired) electrons. The number of hydrogen-bond acceptors (Lipinski definition) is 7. The number of nitrogens with two attached hydrogens (primary N) is 1. The number of anilines is 3. The van der Waals surface area contributed by atoms with Crippen LogP contribution >= 0.6 is 0 Å². The smallest absolute Gasteiger partial charge is 0.261 e. The molecule has 9 nitrogen and oxygen atoms in total. The molecule has 0 aliphatic carbocycles. The summed E-state index contributed by atoms with van der Waals surface area (Å²) in [6, 6.07) is 9.19. The molecule has 0 atom stereocenters. The zero-order valence-corrected chi connectivity index (χ0v) is 20.6. The molecule has 0 amide bonds. The first-order chi connectivity index (χ1) is 17.4. The Morgan fingerprint density at radius 1 is 0.861 bits per heavy atom. The Bertz CT molecular complexity index is 1500. The lowest BCUT2D eigenvalue weighted by molar-refractivity contribution is 0.312. The van der Waals surface area contributed by atoms with Gasteiger partial charge in [-0.15, -0.1) is 0 Å². The van der Waals surface area contributed by atoms with Gasteiger partial charge in [-0.25, -0.2) is 9.37 Å². The zero-order chi connectivity index (χ0) is 25.0. The standard InChI is InChI=1S/C26H31FN8O/c1-32-5-9-34(10-6-32)16-3-4-19-21(13-16)30-25(29-19)23-24(28)17-14-18(27)22(15-20(17)31-26(23)36)35-11-7-33(2)8-12-35/h3-4,13-15H,5-12H2,1-2H3,(H,29,30)(H3,28,31,36). The van der Waals surface area contributed by atoms with Gasteiger partial charge in [0.1, 0.15) is 17.2 Å². The van der Waals surface area contributed by atoms with Crippen molar-refractivity contribution in [2.75, 3.05) is 82.0 Å². The molecule has 4 N–H and O–H groups in total. The van der Waals surface area contributed by atoms with Crippen molar-refractivity contribution in [3.63, 3.8) is 0 Å². The molecule has 0 saturated carbocycles. The van der Waals surface area contributed by atoms with Crippen molar-refractivity contribution >= 4 is 39.0 Å². The Morgan fingerprint density at radius 3 is 2.22 bits per heavy atom. The van der Waals surface area contributed by atoms with Gasteiger partial charge in [0.15, 0.2) is 0 Å². The molecule has 0 spiro atoms. The van der Waals surface area contributed by atoms with Crippen LogP contribution in [0.25, 0.3) is 33.3 Å². The average Bonchev–Trinajstić information content (AvgIpc) is 3.28. The number of halogens is 1. The van der Waals surface area contributed by atoms with E-state index in [1.165, 1.54) is 6.07 Å². The number of aromatic nitrogens is 3. The molecule has 6 rings (SSSR count). The summed E-state index contributed by atoms with van der Waals surface area (Å²) < 4.78 is 15.2. The van der Waals surface area contributed by atoms with E-state index in [2.05, 4.69) is 55.9 Å². The number of imidazole rings is 1. The van der Waals surface area contributed by atoms with Gasteiger partial charge in [-0.2, -0.15) is 0 Å². The van der Waals surface area contributed by atoms with E-state index < -0.39 is 0 Å². The van der Waals surface area contributed by atoms with Crippen LogP contribution in [-0.4, -0.2) is 91.2 Å². The third-order valence-corrected chi connectivity index (χ3v) is 7.54. The van der Waals surface area contributed by atoms with E-state index in [-0.39, 0.29) is 22.6 Å². The highest BCUT2D eigenvalue weighted by atomic mass is 19.1. The summed E-state index contributed by atoms with van der Waals surface area (Å²) in [4.78, 5) is 32.9. The van der Waals surface area contributed by atoms with Crippen molar-refractivity contribution in [2.24, 2.45) is 0 Å². The predicted molar refractivity (Wildman–Crippen MR) is 143 cm³/mol. The van der Waals surface area contributed by atoms with Crippen LogP contribution in [0.15, 0.2) is 35.1 Å². The van der Waals surface area contributed by atoms with Crippen LogP contribution in [0, 0.1) is 5.82 Å². The van der Waals surface area contributed by atoms with Crippen LogP contribution in [0.4, 0.5) is 21.5 Å². The van der Waals surface area contributed by atoms with Crippen LogP contribution in [0.1, 0.15) is 0 Å². The summed E-state index contributed by atoms with van der Waals surface area (Å²) in [6.07, 6.45) is 0. The fraction of sp³-hybridized carbons (Fsp3) is 0.385. The molecule has 0 unspecified atom stereocenters. The summed E-state index contributed by atoms with van der Waals surface area (Å²) >= 11 is 0. The number of likely N-dealkylation sites (N-methyl/N-ethyl adjacent to an activating group) is 2. The number of aromatic amines is 2. The minimum absolute atomic E-state index is 0.218. The summed E-state index contributed by atoms with van der Waals surface area (Å²) in [6.45, 7) is 7.13. The predicted octanol–water partition coefficient (Wildman–Crippen LogP) is 2.30.